The minimum atomic E-state index is -4.95. The highest BCUT2D eigenvalue weighted by molar-refractivity contribution is 5.86. The Bertz CT molecular complexity index is 1610. The molecule has 1 aromatic carbocycles. The van der Waals surface area contributed by atoms with Crippen LogP contribution in [0.3, 0.4) is 0 Å². The van der Waals surface area contributed by atoms with E-state index in [2.05, 4.69) is 15.1 Å². The van der Waals surface area contributed by atoms with Crippen molar-refractivity contribution >= 4 is 10.8 Å². The number of H-pyrrole nitrogens is 1. The van der Waals surface area contributed by atoms with Crippen LogP contribution >= 0.6 is 0 Å². The Morgan fingerprint density at radius 3 is 2.31 bits per heavy atom. The first-order valence-corrected chi connectivity index (χ1v) is 11.3. The number of hydrogen-bond acceptors (Lipinski definition) is 6. The van der Waals surface area contributed by atoms with Gasteiger partial charge >= 0.3 is 12.4 Å². The van der Waals surface area contributed by atoms with Crippen molar-refractivity contribution in [2.75, 3.05) is 0 Å². The van der Waals surface area contributed by atoms with Crippen molar-refractivity contribution in [3.63, 3.8) is 0 Å². The molecule has 0 saturated heterocycles. The van der Waals surface area contributed by atoms with Crippen molar-refractivity contribution < 1.29 is 35.5 Å². The van der Waals surface area contributed by atoms with Gasteiger partial charge in [-0.25, -0.2) is 19.5 Å². The average Bonchev–Trinajstić information content (AvgIpc) is 2.84. The molecule has 4 aromatic rings. The maximum atomic E-state index is 15.1. The van der Waals surface area contributed by atoms with E-state index < -0.39 is 52.3 Å². The largest absolute Gasteiger partial charge is 0.488 e. The summed E-state index contributed by atoms with van der Waals surface area (Å²) in [4.78, 5) is 31.6. The number of rotatable bonds is 7. The van der Waals surface area contributed by atoms with Gasteiger partial charge in [0.2, 0.25) is 0 Å². The molecule has 0 aliphatic rings. The summed E-state index contributed by atoms with van der Waals surface area (Å²) in [6.07, 6.45) is -6.74. The predicted molar refractivity (Wildman–Crippen MR) is 123 cm³/mol. The van der Waals surface area contributed by atoms with Gasteiger partial charge in [0, 0.05) is 30.5 Å². The maximum Gasteiger partial charge on any atom is 0.425 e. The first kappa shape index (κ1) is 27.7. The van der Waals surface area contributed by atoms with Crippen LogP contribution in [-0.2, 0) is 18.9 Å². The minimum absolute atomic E-state index is 0.000589. The molecule has 0 aliphatic carbocycles. The van der Waals surface area contributed by atoms with E-state index in [4.69, 9.17) is 4.74 Å². The zero-order valence-electron chi connectivity index (χ0n) is 19.9. The molecule has 0 saturated carbocycles. The van der Waals surface area contributed by atoms with E-state index in [0.29, 0.717) is 12.4 Å². The van der Waals surface area contributed by atoms with Crippen LogP contribution in [0.5, 0.6) is 5.75 Å². The van der Waals surface area contributed by atoms with Gasteiger partial charge in [-0.05, 0) is 38.0 Å². The number of hydrogen-bond donors (Lipinski definition) is 1. The lowest BCUT2D eigenvalue weighted by Gasteiger charge is -2.17. The third-order valence-electron chi connectivity index (χ3n) is 5.75. The summed E-state index contributed by atoms with van der Waals surface area (Å²) in [5, 5.41) is 4.96. The SMILES string of the molecule is CC(CCCn1ccc2c(F)c(-c3ncc(C(F)(F)F)cn3)ccc2c1=O)Oc1cn[nH]c(=O)c1C(F)(F)F. The molecule has 0 bridgehead atoms. The summed E-state index contributed by atoms with van der Waals surface area (Å²) < 4.78 is 99.4. The molecule has 0 radical (unpaired) electrons. The first-order chi connectivity index (χ1) is 18.3. The van der Waals surface area contributed by atoms with Gasteiger partial charge in [-0.1, -0.05) is 0 Å². The number of nitrogens with zero attached hydrogens (tertiary/aromatic N) is 4. The normalized spacial score (nSPS) is 13.0. The van der Waals surface area contributed by atoms with Crippen molar-refractivity contribution in [1.29, 1.82) is 0 Å². The number of aromatic nitrogens is 5. The molecular weight excluding hydrogens is 539 g/mol. The van der Waals surface area contributed by atoms with Crippen LogP contribution in [0, 0.1) is 5.82 Å². The standard InChI is InChI=1S/C24H18F7N5O3/c1-12(39-17-11-34-35-21(37)18(17)24(29,30)31)3-2-7-36-8-6-14-15(22(36)38)4-5-16(19(14)25)20-32-9-13(10-33-20)23(26,27)28/h4-6,8-12H,2-3,7H2,1H3,(H,35,37). The van der Waals surface area contributed by atoms with Crippen molar-refractivity contribution in [2.24, 2.45) is 0 Å². The van der Waals surface area contributed by atoms with E-state index >= 15 is 4.39 Å². The fourth-order valence-corrected chi connectivity index (χ4v) is 3.86. The lowest BCUT2D eigenvalue weighted by atomic mass is 10.1. The van der Waals surface area contributed by atoms with E-state index in [0.717, 1.165) is 6.20 Å². The Labute approximate surface area is 214 Å². The quantitative estimate of drug-likeness (QED) is 0.322. The van der Waals surface area contributed by atoms with Gasteiger partial charge in [0.15, 0.2) is 17.1 Å². The van der Waals surface area contributed by atoms with Gasteiger partial charge in [0.1, 0.15) is 5.82 Å². The molecule has 1 unspecified atom stereocenters. The highest BCUT2D eigenvalue weighted by atomic mass is 19.4. The zero-order valence-corrected chi connectivity index (χ0v) is 19.9. The maximum absolute atomic E-state index is 15.1. The predicted octanol–water partition coefficient (Wildman–Crippen LogP) is 4.97. The summed E-state index contributed by atoms with van der Waals surface area (Å²) >= 11 is 0. The highest BCUT2D eigenvalue weighted by Crippen LogP contribution is 2.33. The summed E-state index contributed by atoms with van der Waals surface area (Å²) in [5.41, 5.74) is -4.77. The molecule has 1 N–H and O–H groups in total. The Kier molecular flexibility index (Phi) is 7.44. The molecule has 1 atom stereocenters. The Balaban J connectivity index is 1.48. The van der Waals surface area contributed by atoms with Gasteiger partial charge in [0.05, 0.1) is 28.8 Å². The molecule has 8 nitrogen and oxygen atoms in total. The van der Waals surface area contributed by atoms with Gasteiger partial charge in [-0.3, -0.25) is 9.59 Å². The molecule has 206 valence electrons. The van der Waals surface area contributed by atoms with E-state index in [1.807, 2.05) is 0 Å². The van der Waals surface area contributed by atoms with Gasteiger partial charge in [0.25, 0.3) is 11.1 Å². The Morgan fingerprint density at radius 1 is 0.974 bits per heavy atom. The second kappa shape index (κ2) is 10.5. The lowest BCUT2D eigenvalue weighted by Crippen LogP contribution is -2.26. The van der Waals surface area contributed by atoms with Crippen molar-refractivity contribution in [2.45, 2.75) is 44.8 Å². The molecule has 39 heavy (non-hydrogen) atoms. The van der Waals surface area contributed by atoms with E-state index in [1.165, 1.54) is 35.9 Å². The van der Waals surface area contributed by atoms with Crippen molar-refractivity contribution in [3.05, 3.63) is 80.6 Å². The second-order valence-corrected chi connectivity index (χ2v) is 8.50. The first-order valence-electron chi connectivity index (χ1n) is 11.3. The topological polar surface area (TPSA) is 103 Å². The van der Waals surface area contributed by atoms with Crippen molar-refractivity contribution in [1.82, 2.24) is 24.7 Å². The van der Waals surface area contributed by atoms with Crippen LogP contribution in [0.4, 0.5) is 30.7 Å². The third kappa shape index (κ3) is 5.91. The molecule has 0 amide bonds. The van der Waals surface area contributed by atoms with Gasteiger partial charge < -0.3 is 9.30 Å². The number of aromatic amines is 1. The molecule has 15 heteroatoms. The summed E-state index contributed by atoms with van der Waals surface area (Å²) in [6.45, 7) is 1.61. The molecule has 3 heterocycles. The zero-order chi connectivity index (χ0) is 28.5. The number of fused-ring (bicyclic) bond motifs is 1. The molecule has 0 aliphatic heterocycles. The fraction of sp³-hybridized carbons (Fsp3) is 0.292. The van der Waals surface area contributed by atoms with Crippen molar-refractivity contribution in [3.8, 4) is 17.1 Å². The molecule has 3 aromatic heterocycles. The van der Waals surface area contributed by atoms with E-state index in [1.54, 1.807) is 5.10 Å². The van der Waals surface area contributed by atoms with Crippen LogP contribution in [0.2, 0.25) is 0 Å². The van der Waals surface area contributed by atoms with Crippen LogP contribution in [0.25, 0.3) is 22.2 Å². The Morgan fingerprint density at radius 2 is 1.67 bits per heavy atom. The number of ether oxygens (including phenoxy) is 1. The third-order valence-corrected chi connectivity index (χ3v) is 5.75. The Hall–Kier alpha value is -4.30. The second-order valence-electron chi connectivity index (χ2n) is 8.50. The smallest absolute Gasteiger partial charge is 0.425 e. The number of pyridine rings is 1. The number of aryl methyl sites for hydroxylation is 1. The summed E-state index contributed by atoms with van der Waals surface area (Å²) in [5.74, 6) is -1.89. The van der Waals surface area contributed by atoms with E-state index in [-0.39, 0.29) is 41.5 Å². The van der Waals surface area contributed by atoms with Crippen LogP contribution < -0.4 is 15.9 Å². The van der Waals surface area contributed by atoms with Crippen LogP contribution in [0.1, 0.15) is 30.9 Å². The molecule has 0 fully saturated rings. The number of halogens is 7. The minimum Gasteiger partial charge on any atom is -0.488 e. The summed E-state index contributed by atoms with van der Waals surface area (Å²) in [6, 6.07) is 3.81. The molecule has 4 rings (SSSR count). The fourth-order valence-electron chi connectivity index (χ4n) is 3.86. The van der Waals surface area contributed by atoms with Crippen LogP contribution in [-0.4, -0.2) is 30.8 Å². The lowest BCUT2D eigenvalue weighted by molar-refractivity contribution is -0.140. The summed E-state index contributed by atoms with van der Waals surface area (Å²) in [7, 11) is 0. The highest BCUT2D eigenvalue weighted by Gasteiger charge is 2.38. The number of alkyl halides is 6. The molecular formula is C24H18F7N5O3. The van der Waals surface area contributed by atoms with Gasteiger partial charge in [-0.2, -0.15) is 31.4 Å². The molecule has 0 spiro atoms. The van der Waals surface area contributed by atoms with Gasteiger partial charge in [-0.15, -0.1) is 0 Å². The average molecular weight is 557 g/mol. The monoisotopic (exact) mass is 557 g/mol. The van der Waals surface area contributed by atoms with Crippen LogP contribution in [0.15, 0.2) is 52.6 Å². The van der Waals surface area contributed by atoms with E-state index in [9.17, 15) is 35.9 Å². The number of benzene rings is 1. The number of nitrogens with one attached hydrogen (secondary N) is 1.